The number of halogens is 3. The third-order valence-corrected chi connectivity index (χ3v) is 2.35. The topological polar surface area (TPSA) is 44.8 Å². The molecule has 0 aromatic rings. The van der Waals surface area contributed by atoms with Gasteiger partial charge in [-0.2, -0.15) is 13.2 Å². The average molecular weight is 305 g/mol. The number of rotatable bonds is 2. The molecule has 1 heterocycles. The van der Waals surface area contributed by atoms with Crippen LogP contribution in [0.5, 0.6) is 0 Å². The number of ether oxygens (including phenoxy) is 1. The largest absolute Gasteiger partial charge is 0.477 e. The summed E-state index contributed by atoms with van der Waals surface area (Å²) in [6, 6.07) is 0. The van der Waals surface area contributed by atoms with Gasteiger partial charge >= 0.3 is 12.4 Å². The fraction of sp³-hybridized carbons (Fsp3) is 0.462. The maximum Gasteiger partial charge on any atom is 0.477 e. The molecule has 0 saturated heterocycles. The fourth-order valence-corrected chi connectivity index (χ4v) is 1.45. The van der Waals surface area contributed by atoms with Crippen LogP contribution in [0.2, 0.25) is 0 Å². The van der Waals surface area contributed by atoms with Crippen molar-refractivity contribution in [2.45, 2.75) is 32.7 Å². The van der Waals surface area contributed by atoms with Crippen molar-refractivity contribution in [3.05, 3.63) is 36.3 Å². The zero-order valence-electron chi connectivity index (χ0n) is 12.3. The molecule has 0 aromatic carbocycles. The molecule has 1 aliphatic heterocycles. The van der Waals surface area contributed by atoms with E-state index in [-0.39, 0.29) is 10.7 Å². The van der Waals surface area contributed by atoms with Crippen molar-refractivity contribution in [1.82, 2.24) is 15.3 Å². The number of allylic oxidation sites excluding steroid dienone is 2. The Labute approximate surface area is 121 Å². The predicted molar refractivity (Wildman–Crippen MR) is 71.4 cm³/mol. The zero-order chi connectivity index (χ0) is 16.4. The van der Waals surface area contributed by atoms with Crippen molar-refractivity contribution >= 4 is 6.09 Å². The number of alkyl halides is 3. The molecule has 0 bridgehead atoms. The van der Waals surface area contributed by atoms with Crippen molar-refractivity contribution < 1.29 is 22.7 Å². The van der Waals surface area contributed by atoms with E-state index in [1.807, 2.05) is 0 Å². The molecule has 1 rings (SSSR count). The molecule has 21 heavy (non-hydrogen) atoms. The second-order valence-corrected chi connectivity index (χ2v) is 5.37. The van der Waals surface area contributed by atoms with Gasteiger partial charge in [0, 0.05) is 18.9 Å². The summed E-state index contributed by atoms with van der Waals surface area (Å²) in [5.41, 5.74) is -0.313. The molecule has 0 saturated carbocycles. The van der Waals surface area contributed by atoms with Gasteiger partial charge in [0.1, 0.15) is 5.60 Å². The molecular weight excluding hydrogens is 287 g/mol. The van der Waals surface area contributed by atoms with Crippen molar-refractivity contribution in [1.29, 1.82) is 0 Å². The van der Waals surface area contributed by atoms with Gasteiger partial charge in [-0.3, -0.25) is 10.3 Å². The first-order valence-corrected chi connectivity index (χ1v) is 6.08. The zero-order valence-corrected chi connectivity index (χ0v) is 12.3. The summed E-state index contributed by atoms with van der Waals surface area (Å²) < 4.78 is 42.8. The molecule has 1 aliphatic rings. The van der Waals surface area contributed by atoms with Gasteiger partial charge in [-0.25, -0.2) is 4.79 Å². The number of alkyl carbamates (subject to hydrolysis) is 1. The number of carbonyl (C=O) groups is 1. The molecule has 1 amide bonds. The van der Waals surface area contributed by atoms with E-state index in [9.17, 15) is 18.0 Å². The highest BCUT2D eigenvalue weighted by atomic mass is 19.4. The second-order valence-electron chi connectivity index (χ2n) is 5.37. The van der Waals surface area contributed by atoms with Gasteiger partial charge in [-0.15, -0.1) is 5.01 Å². The van der Waals surface area contributed by atoms with E-state index in [1.165, 1.54) is 12.2 Å². The number of amides is 1. The summed E-state index contributed by atoms with van der Waals surface area (Å²) in [6.45, 7) is 8.64. The molecule has 118 valence electrons. The van der Waals surface area contributed by atoms with Crippen molar-refractivity contribution in [2.24, 2.45) is 0 Å². The lowest BCUT2D eigenvalue weighted by atomic mass is 10.2. The summed E-state index contributed by atoms with van der Waals surface area (Å²) in [5, 5.41) is 3.33. The highest BCUT2D eigenvalue weighted by Gasteiger charge is 2.38. The number of nitrogens with zero attached hydrogens (tertiary/aromatic N) is 2. The minimum absolute atomic E-state index is 0.0587. The maximum absolute atomic E-state index is 12.6. The van der Waals surface area contributed by atoms with Gasteiger partial charge in [0.05, 0.1) is 5.70 Å². The third kappa shape index (κ3) is 5.14. The van der Waals surface area contributed by atoms with Crippen LogP contribution in [0, 0.1) is 0 Å². The fourth-order valence-electron chi connectivity index (χ4n) is 1.45. The van der Waals surface area contributed by atoms with Crippen LogP contribution in [0.1, 0.15) is 20.8 Å². The molecular formula is C13H18F3N3O2. The Hall–Kier alpha value is -1.96. The Balaban J connectivity index is 2.71. The average Bonchev–Trinajstić information content (AvgIpc) is 2.24. The molecule has 0 fully saturated rings. The van der Waals surface area contributed by atoms with Crippen LogP contribution in [-0.4, -0.2) is 35.1 Å². The third-order valence-electron chi connectivity index (χ3n) is 2.35. The first-order chi connectivity index (χ1) is 9.40. The Morgan fingerprint density at radius 2 is 1.95 bits per heavy atom. The van der Waals surface area contributed by atoms with E-state index in [1.54, 1.807) is 20.8 Å². The van der Waals surface area contributed by atoms with Gasteiger partial charge < -0.3 is 4.74 Å². The Morgan fingerprint density at radius 1 is 1.38 bits per heavy atom. The molecule has 0 aliphatic carbocycles. The van der Waals surface area contributed by atoms with Gasteiger partial charge in [-0.1, -0.05) is 6.58 Å². The first-order valence-electron chi connectivity index (χ1n) is 6.08. The van der Waals surface area contributed by atoms with Crippen LogP contribution >= 0.6 is 0 Å². The Bertz CT molecular complexity index is 490. The van der Waals surface area contributed by atoms with Crippen LogP contribution < -0.4 is 5.32 Å². The monoisotopic (exact) mass is 305 g/mol. The molecule has 0 atom stereocenters. The summed E-state index contributed by atoms with van der Waals surface area (Å²) in [6.07, 6.45) is -1.43. The highest BCUT2D eigenvalue weighted by molar-refractivity contribution is 5.71. The van der Waals surface area contributed by atoms with Crippen molar-refractivity contribution in [3.8, 4) is 0 Å². The van der Waals surface area contributed by atoms with Crippen LogP contribution in [-0.2, 0) is 4.74 Å². The van der Waals surface area contributed by atoms with Crippen LogP contribution in [0.15, 0.2) is 36.3 Å². The van der Waals surface area contributed by atoms with Crippen molar-refractivity contribution in [2.75, 3.05) is 7.05 Å². The van der Waals surface area contributed by atoms with E-state index in [0.717, 1.165) is 18.3 Å². The standard InChI is InChI=1S/C13H18F3N3O2/c1-9-8-10(17-11(20)21-12(2,3)4)6-7-19(9)18(5)13(14,15)16/h6-8H,1H2,2-5H3,(H,17,20). The minimum atomic E-state index is -4.53. The van der Waals surface area contributed by atoms with Crippen LogP contribution in [0.3, 0.4) is 0 Å². The highest BCUT2D eigenvalue weighted by Crippen LogP contribution is 2.26. The number of hydrazine groups is 1. The summed E-state index contributed by atoms with van der Waals surface area (Å²) in [4.78, 5) is 11.6. The number of hydrogen-bond acceptors (Lipinski definition) is 4. The second kappa shape index (κ2) is 5.80. The number of carbonyl (C=O) groups excluding carboxylic acids is 1. The summed E-state index contributed by atoms with van der Waals surface area (Å²) >= 11 is 0. The molecule has 5 nitrogen and oxygen atoms in total. The lowest BCUT2D eigenvalue weighted by molar-refractivity contribution is -0.285. The van der Waals surface area contributed by atoms with Gasteiger partial charge in [0.2, 0.25) is 0 Å². The number of nitrogens with one attached hydrogen (secondary N) is 1. The van der Waals surface area contributed by atoms with Gasteiger partial charge in [0.25, 0.3) is 0 Å². The molecule has 0 aromatic heterocycles. The van der Waals surface area contributed by atoms with Gasteiger partial charge in [0.15, 0.2) is 0 Å². The summed E-state index contributed by atoms with van der Waals surface area (Å²) in [5.74, 6) is 0. The maximum atomic E-state index is 12.6. The van der Waals surface area contributed by atoms with E-state index in [0.29, 0.717) is 5.70 Å². The molecule has 8 heteroatoms. The first kappa shape index (κ1) is 17.1. The summed E-state index contributed by atoms with van der Waals surface area (Å²) in [7, 11) is 0.871. The molecule has 0 radical (unpaired) electrons. The Kier molecular flexibility index (Phi) is 4.72. The van der Waals surface area contributed by atoms with E-state index < -0.39 is 18.0 Å². The minimum Gasteiger partial charge on any atom is -0.444 e. The van der Waals surface area contributed by atoms with Gasteiger partial charge in [-0.05, 0) is 32.9 Å². The Morgan fingerprint density at radius 3 is 2.38 bits per heavy atom. The number of hydrogen-bond donors (Lipinski definition) is 1. The van der Waals surface area contributed by atoms with E-state index >= 15 is 0 Å². The van der Waals surface area contributed by atoms with Crippen molar-refractivity contribution in [3.63, 3.8) is 0 Å². The molecule has 0 spiro atoms. The lowest BCUT2D eigenvalue weighted by Crippen LogP contribution is -2.45. The SMILES string of the molecule is C=C1C=C(NC(=O)OC(C)(C)C)C=CN1N(C)C(F)(F)F. The lowest BCUT2D eigenvalue weighted by Gasteiger charge is -2.34. The molecule has 0 unspecified atom stereocenters. The van der Waals surface area contributed by atoms with Crippen LogP contribution in [0.25, 0.3) is 0 Å². The molecule has 1 N–H and O–H groups in total. The van der Waals surface area contributed by atoms with E-state index in [2.05, 4.69) is 11.9 Å². The smallest absolute Gasteiger partial charge is 0.444 e. The normalized spacial score (nSPS) is 16.1. The predicted octanol–water partition coefficient (Wildman–Crippen LogP) is 3.10. The van der Waals surface area contributed by atoms with E-state index in [4.69, 9.17) is 4.74 Å². The van der Waals surface area contributed by atoms with Crippen LogP contribution in [0.4, 0.5) is 18.0 Å². The quantitative estimate of drug-likeness (QED) is 0.796.